The number of anilines is 1. The zero-order valence-corrected chi connectivity index (χ0v) is 22.1. The predicted molar refractivity (Wildman–Crippen MR) is 145 cm³/mol. The van der Waals surface area contributed by atoms with Crippen LogP contribution in [-0.2, 0) is 14.4 Å². The van der Waals surface area contributed by atoms with Gasteiger partial charge in [0.2, 0.25) is 5.91 Å². The number of benzene rings is 1. The second-order valence-electron chi connectivity index (χ2n) is 9.94. The highest BCUT2D eigenvalue weighted by molar-refractivity contribution is 6.15. The summed E-state index contributed by atoms with van der Waals surface area (Å²) in [5.74, 6) is -2.04. The third-order valence-corrected chi connectivity index (χ3v) is 6.75. The molecule has 7 nitrogen and oxygen atoms in total. The number of carbonyl (C=O) groups is 3. The lowest BCUT2D eigenvalue weighted by Crippen LogP contribution is -2.32. The molecule has 36 heavy (non-hydrogen) atoms. The van der Waals surface area contributed by atoms with Gasteiger partial charge in [-0.3, -0.25) is 14.4 Å². The normalized spacial score (nSPS) is 14.1. The van der Waals surface area contributed by atoms with Crippen molar-refractivity contribution in [2.45, 2.75) is 116 Å². The molecule has 2 rings (SSSR count). The first kappa shape index (κ1) is 29.5. The summed E-state index contributed by atoms with van der Waals surface area (Å²) in [5, 5.41) is 17.6. The molecule has 0 radical (unpaired) electrons. The van der Waals surface area contributed by atoms with Crippen LogP contribution in [0.1, 0.15) is 116 Å². The van der Waals surface area contributed by atoms with E-state index in [0.717, 1.165) is 19.3 Å². The van der Waals surface area contributed by atoms with Crippen molar-refractivity contribution in [3.05, 3.63) is 30.3 Å². The van der Waals surface area contributed by atoms with Crippen LogP contribution in [-0.4, -0.2) is 28.7 Å². The largest absolute Gasteiger partial charge is 0.481 e. The van der Waals surface area contributed by atoms with E-state index in [1.165, 1.54) is 75.6 Å². The number of amidine groups is 1. The summed E-state index contributed by atoms with van der Waals surface area (Å²) in [6.45, 7) is 2.25. The van der Waals surface area contributed by atoms with Gasteiger partial charge in [0.25, 0.3) is 5.91 Å². The molecule has 1 aliphatic rings. The summed E-state index contributed by atoms with van der Waals surface area (Å²) in [4.78, 5) is 36.3. The zero-order valence-electron chi connectivity index (χ0n) is 22.1. The maximum atomic E-state index is 12.4. The van der Waals surface area contributed by atoms with Crippen molar-refractivity contribution in [2.24, 2.45) is 11.0 Å². The summed E-state index contributed by atoms with van der Waals surface area (Å²) in [5.41, 5.74) is 0.632. The number of hydrazone groups is 1. The van der Waals surface area contributed by atoms with E-state index in [2.05, 4.69) is 17.3 Å². The molecule has 1 aromatic rings. The number of unbranched alkanes of at least 4 members (excludes halogenated alkanes) is 13. The van der Waals surface area contributed by atoms with Crippen LogP contribution in [0, 0.1) is 5.92 Å². The minimum Gasteiger partial charge on any atom is -0.481 e. The Morgan fingerprint density at radius 3 is 1.94 bits per heavy atom. The van der Waals surface area contributed by atoms with E-state index in [1.54, 1.807) is 12.1 Å². The van der Waals surface area contributed by atoms with Crippen molar-refractivity contribution in [1.29, 1.82) is 0 Å². The van der Waals surface area contributed by atoms with Gasteiger partial charge in [0.1, 0.15) is 5.84 Å². The topological polar surface area (TPSA) is 99.1 Å². The highest BCUT2D eigenvalue weighted by Gasteiger charge is 2.28. The molecular weight excluding hydrogens is 454 g/mol. The van der Waals surface area contributed by atoms with Crippen LogP contribution in [0.4, 0.5) is 5.69 Å². The van der Waals surface area contributed by atoms with Crippen LogP contribution in [0.5, 0.6) is 0 Å². The molecule has 0 saturated carbocycles. The molecule has 7 heteroatoms. The Bertz CT molecular complexity index is 825. The van der Waals surface area contributed by atoms with Crippen LogP contribution < -0.4 is 10.3 Å². The Morgan fingerprint density at radius 2 is 1.42 bits per heavy atom. The van der Waals surface area contributed by atoms with Gasteiger partial charge in [-0.15, -0.1) is 0 Å². The molecule has 0 aliphatic carbocycles. The van der Waals surface area contributed by atoms with Gasteiger partial charge in [0.05, 0.1) is 18.0 Å². The summed E-state index contributed by atoms with van der Waals surface area (Å²) in [6.07, 6.45) is 17.9. The Hall–Kier alpha value is -2.70. The first-order chi connectivity index (χ1) is 17.5. The first-order valence-corrected chi connectivity index (χ1v) is 14.0. The molecule has 1 atom stereocenters. The van der Waals surface area contributed by atoms with Crippen molar-refractivity contribution in [1.82, 2.24) is 5.32 Å². The predicted octanol–water partition coefficient (Wildman–Crippen LogP) is 6.82. The van der Waals surface area contributed by atoms with Gasteiger partial charge >= 0.3 is 5.97 Å². The lowest BCUT2D eigenvalue weighted by atomic mass is 9.96. The third-order valence-electron chi connectivity index (χ3n) is 6.75. The molecule has 200 valence electrons. The first-order valence-electron chi connectivity index (χ1n) is 14.0. The van der Waals surface area contributed by atoms with Crippen LogP contribution in [0.25, 0.3) is 0 Å². The molecule has 2 amide bonds. The summed E-state index contributed by atoms with van der Waals surface area (Å²) >= 11 is 0. The second-order valence-corrected chi connectivity index (χ2v) is 9.94. The van der Waals surface area contributed by atoms with Gasteiger partial charge in [0.15, 0.2) is 0 Å². The quantitative estimate of drug-likeness (QED) is 0.204. The lowest BCUT2D eigenvalue weighted by Gasteiger charge is -2.12. The van der Waals surface area contributed by atoms with Gasteiger partial charge in [-0.1, -0.05) is 115 Å². The number of nitrogens with zero attached hydrogens (tertiary/aromatic N) is 2. The minimum atomic E-state index is -0.949. The van der Waals surface area contributed by atoms with E-state index in [1.807, 2.05) is 18.2 Å². The fourth-order valence-corrected chi connectivity index (χ4v) is 4.60. The van der Waals surface area contributed by atoms with Crippen molar-refractivity contribution in [2.75, 3.05) is 5.01 Å². The Labute approximate surface area is 216 Å². The molecule has 1 aliphatic heterocycles. The number of nitrogens with one attached hydrogen (secondary N) is 1. The van der Waals surface area contributed by atoms with E-state index < -0.39 is 17.8 Å². The van der Waals surface area contributed by atoms with Crippen LogP contribution >= 0.6 is 0 Å². The maximum Gasteiger partial charge on any atom is 0.307 e. The average molecular weight is 500 g/mol. The molecule has 1 heterocycles. The molecule has 1 aromatic carbocycles. The summed E-state index contributed by atoms with van der Waals surface area (Å²) < 4.78 is 0. The second kappa shape index (κ2) is 17.7. The third kappa shape index (κ3) is 11.8. The van der Waals surface area contributed by atoms with Gasteiger partial charge in [-0.25, -0.2) is 0 Å². The van der Waals surface area contributed by atoms with E-state index in [0.29, 0.717) is 12.1 Å². The average Bonchev–Trinajstić information content (AvgIpc) is 3.23. The van der Waals surface area contributed by atoms with Crippen LogP contribution in [0.2, 0.25) is 0 Å². The number of carbonyl (C=O) groups excluding carboxylic acids is 2. The highest BCUT2D eigenvalue weighted by Crippen LogP contribution is 2.20. The summed E-state index contributed by atoms with van der Waals surface area (Å²) in [7, 11) is 0. The number of rotatable bonds is 19. The van der Waals surface area contributed by atoms with E-state index in [9.17, 15) is 19.5 Å². The van der Waals surface area contributed by atoms with E-state index >= 15 is 0 Å². The molecular formula is C29H45N3O4. The monoisotopic (exact) mass is 499 g/mol. The van der Waals surface area contributed by atoms with Crippen molar-refractivity contribution in [3.8, 4) is 0 Å². The number of hydrogen-bond donors (Lipinski definition) is 2. The van der Waals surface area contributed by atoms with Crippen molar-refractivity contribution < 1.29 is 19.5 Å². The molecule has 0 spiro atoms. The van der Waals surface area contributed by atoms with E-state index in [-0.39, 0.29) is 24.6 Å². The molecule has 0 unspecified atom stereocenters. The van der Waals surface area contributed by atoms with Gasteiger partial charge in [0, 0.05) is 6.42 Å². The number of amides is 2. The van der Waals surface area contributed by atoms with Crippen LogP contribution in [0.15, 0.2) is 35.4 Å². The van der Waals surface area contributed by atoms with Gasteiger partial charge in [-0.2, -0.15) is 10.1 Å². The molecule has 0 fully saturated rings. The fourth-order valence-electron chi connectivity index (χ4n) is 4.60. The smallest absolute Gasteiger partial charge is 0.307 e. The highest BCUT2D eigenvalue weighted by atomic mass is 16.4. The summed E-state index contributed by atoms with van der Waals surface area (Å²) in [6, 6.07) is 9.00. The molecule has 0 saturated heterocycles. The zero-order chi connectivity index (χ0) is 26.0. The van der Waals surface area contributed by atoms with Crippen LogP contribution in [0.3, 0.4) is 0 Å². The van der Waals surface area contributed by atoms with Crippen molar-refractivity contribution >= 4 is 29.3 Å². The Morgan fingerprint density at radius 1 is 0.889 bits per heavy atom. The molecule has 0 bridgehead atoms. The number of aliphatic carboxylic acids is 1. The molecule has 2 N–H and O–H groups in total. The molecule has 0 aromatic heterocycles. The fraction of sp³-hybridized carbons (Fsp3) is 0.655. The van der Waals surface area contributed by atoms with Gasteiger partial charge < -0.3 is 10.4 Å². The Balaban J connectivity index is 1.55. The maximum absolute atomic E-state index is 12.4. The number of para-hydroxylation sites is 1. The van der Waals surface area contributed by atoms with E-state index in [4.69, 9.17) is 0 Å². The number of carboxylic acids is 1. The lowest BCUT2D eigenvalue weighted by molar-refractivity contribution is -0.144. The number of hydrogen-bond acceptors (Lipinski definition) is 4. The Kier molecular flexibility index (Phi) is 14.5. The number of carboxylic acid groups (broad SMARTS) is 1. The van der Waals surface area contributed by atoms with Crippen molar-refractivity contribution in [3.63, 3.8) is 0 Å². The SMILES string of the molecule is CCCCCCCCCCCCCCCC[C@@H](CC(=O)NC1=NN(c2ccccc2)C(=O)C1)C(=O)O. The standard InChI is InChI=1S/C29H45N3O4/c1-2-3-4-5-6-7-8-9-10-11-12-13-14-16-19-24(29(35)36)22-27(33)30-26-23-28(34)32(31-26)25-20-17-15-18-21-25/h15,17-18,20-21,24H,2-14,16,19,22-23H2,1H3,(H,35,36)(H,30,31,33)/t24-/m0/s1. The van der Waals surface area contributed by atoms with Gasteiger partial charge in [-0.05, 0) is 18.6 Å². The minimum absolute atomic E-state index is 0.00265.